The fraction of sp³-hybridized carbons (Fsp3) is 0.250. The van der Waals surface area contributed by atoms with E-state index in [1.165, 1.54) is 0 Å². The van der Waals surface area contributed by atoms with Gasteiger partial charge in [0.05, 0.1) is 6.54 Å². The van der Waals surface area contributed by atoms with Gasteiger partial charge in [-0.3, -0.25) is 9.97 Å². The lowest BCUT2D eigenvalue weighted by atomic mass is 10.0. The summed E-state index contributed by atoms with van der Waals surface area (Å²) in [5.41, 5.74) is 0.692. The van der Waals surface area contributed by atoms with Crippen LogP contribution in [0.1, 0.15) is 16.7 Å². The van der Waals surface area contributed by atoms with Crippen LogP contribution < -0.4 is 17.1 Å². The minimum Gasteiger partial charge on any atom is -0.259 e. The van der Waals surface area contributed by atoms with Crippen LogP contribution in [0, 0.1) is 13.8 Å². The van der Waals surface area contributed by atoms with Gasteiger partial charge in [0, 0.05) is 0 Å². The van der Waals surface area contributed by atoms with Gasteiger partial charge in [-0.25, -0.2) is 19.0 Å². The SMILES string of the molecule is Cc1cccc(C)c1Cn1c(=O)[nH]c(=O)[nH]c1=O. The molecule has 0 aliphatic carbocycles. The number of rotatable bonds is 2. The third-order valence-electron chi connectivity index (χ3n) is 2.89. The van der Waals surface area contributed by atoms with Crippen molar-refractivity contribution in [2.75, 3.05) is 0 Å². The summed E-state index contributed by atoms with van der Waals surface area (Å²) >= 11 is 0. The predicted molar refractivity (Wildman–Crippen MR) is 67.0 cm³/mol. The predicted octanol–water partition coefficient (Wildman–Crippen LogP) is -0.110. The number of nitrogens with one attached hydrogen (secondary N) is 2. The summed E-state index contributed by atoms with van der Waals surface area (Å²) < 4.78 is 0.969. The van der Waals surface area contributed by atoms with E-state index < -0.39 is 17.1 Å². The molecule has 1 aromatic carbocycles. The summed E-state index contributed by atoms with van der Waals surface area (Å²) in [4.78, 5) is 38.1. The van der Waals surface area contributed by atoms with Crippen LogP contribution in [0.3, 0.4) is 0 Å². The first-order valence-corrected chi connectivity index (χ1v) is 5.47. The van der Waals surface area contributed by atoms with E-state index in [0.29, 0.717) is 0 Å². The van der Waals surface area contributed by atoms with Gasteiger partial charge in [0.1, 0.15) is 0 Å². The average molecular weight is 247 g/mol. The third-order valence-corrected chi connectivity index (χ3v) is 2.89. The van der Waals surface area contributed by atoms with Crippen molar-refractivity contribution < 1.29 is 0 Å². The number of aromatic nitrogens is 3. The third kappa shape index (κ3) is 2.17. The quantitative estimate of drug-likeness (QED) is 0.776. The molecule has 18 heavy (non-hydrogen) atoms. The molecule has 94 valence electrons. The number of benzene rings is 1. The zero-order valence-corrected chi connectivity index (χ0v) is 10.1. The van der Waals surface area contributed by atoms with E-state index in [1.807, 2.05) is 42.0 Å². The molecule has 0 spiro atoms. The largest absolute Gasteiger partial charge is 0.333 e. The first-order valence-electron chi connectivity index (χ1n) is 5.47. The molecule has 0 amide bonds. The number of hydrogen-bond donors (Lipinski definition) is 2. The van der Waals surface area contributed by atoms with Gasteiger partial charge in [-0.1, -0.05) is 18.2 Å². The molecule has 0 saturated carbocycles. The molecular formula is C12H13N3O3. The Labute approximate surface area is 102 Å². The Hall–Kier alpha value is -2.37. The van der Waals surface area contributed by atoms with Crippen LogP contribution in [0.2, 0.25) is 0 Å². The molecule has 0 atom stereocenters. The van der Waals surface area contributed by atoms with Crippen LogP contribution in [-0.2, 0) is 6.54 Å². The molecule has 0 bridgehead atoms. The van der Waals surface area contributed by atoms with Gasteiger partial charge < -0.3 is 0 Å². The lowest BCUT2D eigenvalue weighted by Crippen LogP contribution is -2.43. The lowest BCUT2D eigenvalue weighted by Gasteiger charge is -2.10. The Morgan fingerprint density at radius 1 is 1.00 bits per heavy atom. The van der Waals surface area contributed by atoms with Crippen molar-refractivity contribution in [2.24, 2.45) is 0 Å². The summed E-state index contributed by atoms with van der Waals surface area (Å²) in [6.07, 6.45) is 0. The van der Waals surface area contributed by atoms with Gasteiger partial charge >= 0.3 is 17.1 Å². The Bertz CT molecular complexity index is 698. The van der Waals surface area contributed by atoms with Gasteiger partial charge in [-0.2, -0.15) is 0 Å². The maximum atomic E-state index is 11.6. The summed E-state index contributed by atoms with van der Waals surface area (Å²) in [6.45, 7) is 3.96. The van der Waals surface area contributed by atoms with Gasteiger partial charge in [0.2, 0.25) is 0 Å². The fourth-order valence-corrected chi connectivity index (χ4v) is 1.85. The van der Waals surface area contributed by atoms with E-state index >= 15 is 0 Å². The van der Waals surface area contributed by atoms with Crippen LogP contribution in [0.25, 0.3) is 0 Å². The molecule has 0 aliphatic heterocycles. The smallest absolute Gasteiger partial charge is 0.259 e. The highest BCUT2D eigenvalue weighted by Crippen LogP contribution is 2.13. The molecule has 1 aromatic heterocycles. The molecule has 2 rings (SSSR count). The summed E-state index contributed by atoms with van der Waals surface area (Å²) in [7, 11) is 0. The molecule has 2 N–H and O–H groups in total. The van der Waals surface area contributed by atoms with E-state index in [1.54, 1.807) is 0 Å². The van der Waals surface area contributed by atoms with Crippen molar-refractivity contribution in [3.63, 3.8) is 0 Å². The second-order valence-electron chi connectivity index (χ2n) is 4.15. The first kappa shape index (κ1) is 12.1. The number of H-pyrrole nitrogens is 2. The molecule has 2 aromatic rings. The van der Waals surface area contributed by atoms with Crippen LogP contribution in [0.5, 0.6) is 0 Å². The van der Waals surface area contributed by atoms with Crippen molar-refractivity contribution in [2.45, 2.75) is 20.4 Å². The van der Waals surface area contributed by atoms with Crippen molar-refractivity contribution in [1.82, 2.24) is 14.5 Å². The molecule has 6 heteroatoms. The maximum absolute atomic E-state index is 11.6. The Morgan fingerprint density at radius 3 is 2.00 bits per heavy atom. The molecule has 0 unspecified atom stereocenters. The highest BCUT2D eigenvalue weighted by Gasteiger charge is 2.07. The van der Waals surface area contributed by atoms with Crippen LogP contribution in [0.15, 0.2) is 32.6 Å². The topological polar surface area (TPSA) is 87.7 Å². The molecule has 0 fully saturated rings. The molecule has 6 nitrogen and oxygen atoms in total. The highest BCUT2D eigenvalue weighted by atomic mass is 16.2. The van der Waals surface area contributed by atoms with Crippen LogP contribution in [-0.4, -0.2) is 14.5 Å². The van der Waals surface area contributed by atoms with Gasteiger partial charge in [-0.05, 0) is 30.5 Å². The van der Waals surface area contributed by atoms with E-state index in [9.17, 15) is 14.4 Å². The van der Waals surface area contributed by atoms with E-state index in [4.69, 9.17) is 0 Å². The van der Waals surface area contributed by atoms with Crippen molar-refractivity contribution >= 4 is 0 Å². The number of aromatic amines is 2. The monoisotopic (exact) mass is 247 g/mol. The van der Waals surface area contributed by atoms with Gasteiger partial charge in [-0.15, -0.1) is 0 Å². The summed E-state index contributed by atoms with van der Waals surface area (Å²) in [6, 6.07) is 5.73. The van der Waals surface area contributed by atoms with Gasteiger partial charge in [0.15, 0.2) is 0 Å². The standard InChI is InChI=1S/C12H13N3O3/c1-7-4-3-5-8(2)9(7)6-15-11(17)13-10(16)14-12(15)18/h3-5H,6H2,1-2H3,(H2,13,14,16,17,18). The van der Waals surface area contributed by atoms with E-state index in [0.717, 1.165) is 21.3 Å². The first-order chi connectivity index (χ1) is 8.49. The molecular weight excluding hydrogens is 234 g/mol. The normalized spacial score (nSPS) is 10.6. The fourth-order valence-electron chi connectivity index (χ4n) is 1.85. The zero-order chi connectivity index (χ0) is 13.3. The molecule has 1 heterocycles. The zero-order valence-electron chi connectivity index (χ0n) is 10.1. The second kappa shape index (κ2) is 4.48. The van der Waals surface area contributed by atoms with E-state index in [-0.39, 0.29) is 6.54 Å². The maximum Gasteiger partial charge on any atom is 0.333 e. The molecule has 0 saturated heterocycles. The summed E-state index contributed by atoms with van der Waals surface area (Å²) in [5, 5.41) is 0. The Morgan fingerprint density at radius 2 is 1.50 bits per heavy atom. The van der Waals surface area contributed by atoms with Crippen molar-refractivity contribution in [3.05, 3.63) is 66.3 Å². The summed E-state index contributed by atoms with van der Waals surface area (Å²) in [5.74, 6) is 0. The number of hydrogen-bond acceptors (Lipinski definition) is 3. The van der Waals surface area contributed by atoms with E-state index in [2.05, 4.69) is 0 Å². The molecule has 0 aliphatic rings. The Kier molecular flexibility index (Phi) is 3.01. The Balaban J connectivity index is 2.57. The second-order valence-corrected chi connectivity index (χ2v) is 4.15. The lowest BCUT2D eigenvalue weighted by molar-refractivity contribution is 0.649. The highest BCUT2D eigenvalue weighted by molar-refractivity contribution is 5.33. The minimum atomic E-state index is -0.789. The average Bonchev–Trinajstić information content (AvgIpc) is 2.26. The number of aryl methyl sites for hydroxylation is 2. The minimum absolute atomic E-state index is 0.142. The van der Waals surface area contributed by atoms with Crippen LogP contribution in [0.4, 0.5) is 0 Å². The van der Waals surface area contributed by atoms with Crippen molar-refractivity contribution in [3.8, 4) is 0 Å². The number of nitrogens with zero attached hydrogens (tertiary/aromatic N) is 1. The van der Waals surface area contributed by atoms with Crippen LogP contribution >= 0.6 is 0 Å². The van der Waals surface area contributed by atoms with Crippen molar-refractivity contribution in [1.29, 1.82) is 0 Å². The molecule has 0 radical (unpaired) electrons. The van der Waals surface area contributed by atoms with Gasteiger partial charge in [0.25, 0.3) is 0 Å².